The van der Waals surface area contributed by atoms with Gasteiger partial charge in [-0.05, 0) is 12.1 Å². The minimum absolute atomic E-state index is 0.0860. The van der Waals surface area contributed by atoms with Crippen LogP contribution in [0.5, 0.6) is 0 Å². The monoisotopic (exact) mass is 315 g/mol. The van der Waals surface area contributed by atoms with E-state index in [0.717, 1.165) is 17.6 Å². The van der Waals surface area contributed by atoms with E-state index in [0.29, 0.717) is 18.0 Å². The van der Waals surface area contributed by atoms with E-state index in [4.69, 9.17) is 4.42 Å². The summed E-state index contributed by atoms with van der Waals surface area (Å²) in [4.78, 5) is 15.7. The summed E-state index contributed by atoms with van der Waals surface area (Å²) in [6.07, 6.45) is 2.66. The first kappa shape index (κ1) is 14.5. The van der Waals surface area contributed by atoms with Gasteiger partial charge in [-0.3, -0.25) is 9.52 Å². The number of sulfonamides is 1. The lowest BCUT2D eigenvalue weighted by Gasteiger charge is -2.01. The number of nitrogens with zero attached hydrogens (tertiary/aromatic N) is 1. The van der Waals surface area contributed by atoms with E-state index in [9.17, 15) is 13.2 Å². The van der Waals surface area contributed by atoms with Crippen molar-refractivity contribution >= 4 is 32.4 Å². The van der Waals surface area contributed by atoms with E-state index in [2.05, 4.69) is 15.0 Å². The highest BCUT2D eigenvalue weighted by atomic mass is 32.2. The summed E-state index contributed by atoms with van der Waals surface area (Å²) in [6.45, 7) is 0.310. The van der Waals surface area contributed by atoms with Gasteiger partial charge in [0.15, 0.2) is 5.13 Å². The quantitative estimate of drug-likeness (QED) is 0.827. The van der Waals surface area contributed by atoms with Gasteiger partial charge in [-0.15, -0.1) is 11.3 Å². The molecule has 0 saturated heterocycles. The number of rotatable bonds is 6. The fourth-order valence-electron chi connectivity index (χ4n) is 1.42. The molecule has 9 heteroatoms. The van der Waals surface area contributed by atoms with Crippen molar-refractivity contribution in [3.05, 3.63) is 35.2 Å². The van der Waals surface area contributed by atoms with Crippen molar-refractivity contribution in [1.82, 2.24) is 10.3 Å². The number of nitrogens with one attached hydrogen (secondary N) is 2. The highest BCUT2D eigenvalue weighted by Crippen LogP contribution is 2.16. The second-order valence-corrected chi connectivity index (χ2v) is 6.66. The average Bonchev–Trinajstić information content (AvgIpc) is 2.96. The predicted octanol–water partition coefficient (Wildman–Crippen LogP) is 0.966. The van der Waals surface area contributed by atoms with Crippen LogP contribution in [0.3, 0.4) is 0 Å². The second kappa shape index (κ2) is 6.06. The highest BCUT2D eigenvalue weighted by molar-refractivity contribution is 7.92. The Morgan fingerprint density at radius 2 is 2.30 bits per heavy atom. The summed E-state index contributed by atoms with van der Waals surface area (Å²) in [6, 6.07) is 3.50. The maximum Gasteiger partial charge on any atom is 0.231 e. The lowest BCUT2D eigenvalue weighted by Crippen LogP contribution is -2.24. The van der Waals surface area contributed by atoms with Gasteiger partial charge in [0, 0.05) is 5.38 Å². The number of amides is 1. The number of carbonyl (C=O) groups excluding carboxylic acids is 1. The van der Waals surface area contributed by atoms with Crippen LogP contribution in [0.1, 0.15) is 11.5 Å². The molecule has 2 heterocycles. The van der Waals surface area contributed by atoms with E-state index < -0.39 is 10.0 Å². The van der Waals surface area contributed by atoms with Crippen LogP contribution < -0.4 is 10.0 Å². The molecule has 2 N–H and O–H groups in total. The van der Waals surface area contributed by atoms with E-state index in [1.54, 1.807) is 17.5 Å². The molecule has 2 aromatic heterocycles. The van der Waals surface area contributed by atoms with Crippen molar-refractivity contribution in [2.45, 2.75) is 13.0 Å². The minimum atomic E-state index is -3.35. The lowest BCUT2D eigenvalue weighted by molar-refractivity contribution is -0.120. The fraction of sp³-hybridized carbons (Fsp3) is 0.273. The van der Waals surface area contributed by atoms with Crippen LogP contribution in [0.4, 0.5) is 5.13 Å². The minimum Gasteiger partial charge on any atom is -0.467 e. The van der Waals surface area contributed by atoms with Crippen LogP contribution >= 0.6 is 11.3 Å². The van der Waals surface area contributed by atoms with Crippen LogP contribution in [0.25, 0.3) is 0 Å². The van der Waals surface area contributed by atoms with Gasteiger partial charge in [-0.1, -0.05) is 0 Å². The van der Waals surface area contributed by atoms with Gasteiger partial charge in [-0.25, -0.2) is 13.4 Å². The van der Waals surface area contributed by atoms with E-state index in [1.165, 1.54) is 6.26 Å². The Morgan fingerprint density at radius 3 is 2.95 bits per heavy atom. The maximum atomic E-state index is 11.7. The zero-order chi connectivity index (χ0) is 14.6. The first-order chi connectivity index (χ1) is 9.42. The molecular formula is C11H13N3O4S2. The van der Waals surface area contributed by atoms with E-state index in [-0.39, 0.29) is 17.5 Å². The Morgan fingerprint density at radius 1 is 1.50 bits per heavy atom. The van der Waals surface area contributed by atoms with Crippen molar-refractivity contribution in [3.8, 4) is 0 Å². The average molecular weight is 315 g/mol. The predicted molar refractivity (Wildman–Crippen MR) is 74.8 cm³/mol. The van der Waals surface area contributed by atoms with Crippen LogP contribution in [0, 0.1) is 0 Å². The molecule has 0 saturated carbocycles. The molecule has 0 aliphatic carbocycles. The molecule has 0 spiro atoms. The van der Waals surface area contributed by atoms with Gasteiger partial charge in [0.1, 0.15) is 5.76 Å². The molecule has 7 nitrogen and oxygen atoms in total. The number of aromatic nitrogens is 1. The van der Waals surface area contributed by atoms with Gasteiger partial charge in [0.25, 0.3) is 0 Å². The number of hydrogen-bond donors (Lipinski definition) is 2. The Labute approximate surface area is 120 Å². The van der Waals surface area contributed by atoms with Gasteiger partial charge >= 0.3 is 0 Å². The molecular weight excluding hydrogens is 302 g/mol. The number of anilines is 1. The molecule has 0 unspecified atom stereocenters. The smallest absolute Gasteiger partial charge is 0.231 e. The topological polar surface area (TPSA) is 101 Å². The molecule has 0 aromatic carbocycles. The molecule has 20 heavy (non-hydrogen) atoms. The second-order valence-electron chi connectivity index (χ2n) is 4.05. The third-order valence-corrected chi connectivity index (χ3v) is 3.71. The SMILES string of the molecule is CS(=O)(=O)Nc1nc(CC(=O)NCc2ccco2)cs1. The zero-order valence-electron chi connectivity index (χ0n) is 10.6. The highest BCUT2D eigenvalue weighted by Gasteiger charge is 2.10. The normalized spacial score (nSPS) is 11.2. The largest absolute Gasteiger partial charge is 0.467 e. The van der Waals surface area contributed by atoms with Gasteiger partial charge < -0.3 is 9.73 Å². The standard InChI is InChI=1S/C11H13N3O4S2/c1-20(16,17)14-11-13-8(7-19-11)5-10(15)12-6-9-3-2-4-18-9/h2-4,7H,5-6H2,1H3,(H,12,15)(H,13,14). The Hall–Kier alpha value is -1.87. The third kappa shape index (κ3) is 4.67. The molecule has 0 radical (unpaired) electrons. The summed E-state index contributed by atoms with van der Waals surface area (Å²) in [7, 11) is -3.35. The summed E-state index contributed by atoms with van der Waals surface area (Å²) in [5.74, 6) is 0.452. The van der Waals surface area contributed by atoms with Crippen LogP contribution in [0.2, 0.25) is 0 Å². The molecule has 2 aromatic rings. The van der Waals surface area contributed by atoms with Gasteiger partial charge in [0.2, 0.25) is 15.9 Å². The van der Waals surface area contributed by atoms with Gasteiger partial charge in [0.05, 0.1) is 31.2 Å². The lowest BCUT2D eigenvalue weighted by atomic mass is 10.3. The van der Waals surface area contributed by atoms with Crippen LogP contribution in [0.15, 0.2) is 28.2 Å². The van der Waals surface area contributed by atoms with Crippen molar-refractivity contribution in [3.63, 3.8) is 0 Å². The number of thiazole rings is 1. The summed E-state index contributed by atoms with van der Waals surface area (Å²) in [5, 5.41) is 4.57. The number of hydrogen-bond acceptors (Lipinski definition) is 6. The van der Waals surface area contributed by atoms with Crippen LogP contribution in [-0.2, 0) is 27.8 Å². The molecule has 0 atom stereocenters. The molecule has 108 valence electrons. The first-order valence-corrected chi connectivity index (χ1v) is 8.41. The molecule has 2 rings (SSSR count). The Balaban J connectivity index is 1.85. The molecule has 0 aliphatic heterocycles. The third-order valence-electron chi connectivity index (χ3n) is 2.21. The Bertz CT molecular complexity index is 676. The Kier molecular flexibility index (Phi) is 4.40. The van der Waals surface area contributed by atoms with E-state index >= 15 is 0 Å². The van der Waals surface area contributed by atoms with Crippen molar-refractivity contribution in [1.29, 1.82) is 0 Å². The van der Waals surface area contributed by atoms with Gasteiger partial charge in [-0.2, -0.15) is 0 Å². The van der Waals surface area contributed by atoms with Crippen molar-refractivity contribution in [2.75, 3.05) is 11.0 Å². The van der Waals surface area contributed by atoms with Crippen LogP contribution in [-0.4, -0.2) is 25.6 Å². The molecule has 0 aliphatic rings. The summed E-state index contributed by atoms with van der Waals surface area (Å²) < 4.78 is 29.4. The number of carbonyl (C=O) groups is 1. The first-order valence-electron chi connectivity index (χ1n) is 5.63. The molecule has 0 bridgehead atoms. The fourth-order valence-corrected chi connectivity index (χ4v) is 2.98. The molecule has 0 fully saturated rings. The molecule has 1 amide bonds. The van der Waals surface area contributed by atoms with E-state index in [1.807, 2.05) is 0 Å². The zero-order valence-corrected chi connectivity index (χ0v) is 12.3. The van der Waals surface area contributed by atoms with Crippen molar-refractivity contribution in [2.24, 2.45) is 0 Å². The summed E-state index contributed by atoms with van der Waals surface area (Å²) in [5.41, 5.74) is 0.512. The van der Waals surface area contributed by atoms with Crippen molar-refractivity contribution < 1.29 is 17.6 Å². The maximum absolute atomic E-state index is 11.7. The summed E-state index contributed by atoms with van der Waals surface area (Å²) >= 11 is 1.13. The number of furan rings is 1.